The highest BCUT2D eigenvalue weighted by atomic mass is 16.5. The Morgan fingerprint density at radius 1 is 1.20 bits per heavy atom. The molecule has 2 fully saturated rings. The van der Waals surface area contributed by atoms with Crippen LogP contribution in [0.4, 0.5) is 0 Å². The van der Waals surface area contributed by atoms with Gasteiger partial charge in [-0.1, -0.05) is 26.7 Å². The van der Waals surface area contributed by atoms with Crippen molar-refractivity contribution in [2.45, 2.75) is 58.4 Å². The fourth-order valence-electron chi connectivity index (χ4n) is 4.08. The Morgan fingerprint density at radius 3 is 2.40 bits per heavy atom. The number of hydrogen-bond donors (Lipinski definition) is 1. The summed E-state index contributed by atoms with van der Waals surface area (Å²) >= 11 is 0. The monoisotopic (exact) mass is 282 g/mol. The molecule has 1 aliphatic heterocycles. The highest BCUT2D eigenvalue weighted by Gasteiger charge is 2.36. The Labute approximate surface area is 125 Å². The van der Waals surface area contributed by atoms with Crippen molar-refractivity contribution in [1.82, 2.24) is 10.2 Å². The van der Waals surface area contributed by atoms with Crippen LogP contribution in [0.1, 0.15) is 52.4 Å². The van der Waals surface area contributed by atoms with Crippen LogP contribution in [0.5, 0.6) is 0 Å². The molecule has 0 unspecified atom stereocenters. The van der Waals surface area contributed by atoms with Gasteiger partial charge in [-0.25, -0.2) is 0 Å². The van der Waals surface area contributed by atoms with Gasteiger partial charge in [0, 0.05) is 38.9 Å². The Bertz CT molecular complexity index is 263. The van der Waals surface area contributed by atoms with Crippen molar-refractivity contribution >= 4 is 0 Å². The van der Waals surface area contributed by atoms with Crippen LogP contribution in [0.15, 0.2) is 0 Å². The van der Waals surface area contributed by atoms with Crippen molar-refractivity contribution in [3.05, 3.63) is 0 Å². The second kappa shape index (κ2) is 7.77. The van der Waals surface area contributed by atoms with E-state index in [2.05, 4.69) is 31.1 Å². The van der Waals surface area contributed by atoms with E-state index in [1.54, 1.807) is 0 Å². The van der Waals surface area contributed by atoms with Crippen LogP contribution in [-0.2, 0) is 4.74 Å². The van der Waals surface area contributed by atoms with Crippen LogP contribution in [0.25, 0.3) is 0 Å². The van der Waals surface area contributed by atoms with Gasteiger partial charge < -0.3 is 10.1 Å². The van der Waals surface area contributed by atoms with Crippen molar-refractivity contribution in [2.75, 3.05) is 39.9 Å². The molecule has 1 saturated carbocycles. The van der Waals surface area contributed by atoms with Crippen LogP contribution in [-0.4, -0.2) is 50.8 Å². The standard InChI is InChI=1S/C17H34N2O/c1-15(2)12-19(16-6-4-5-7-16)14-17(13-18-3)8-10-20-11-9-17/h15-16,18H,4-14H2,1-3H3. The Hall–Kier alpha value is -0.120. The normalized spacial score (nSPS) is 23.9. The van der Waals surface area contributed by atoms with Gasteiger partial charge in [0.1, 0.15) is 0 Å². The fourth-order valence-corrected chi connectivity index (χ4v) is 4.08. The zero-order valence-electron chi connectivity index (χ0n) is 13.8. The molecule has 1 heterocycles. The van der Waals surface area contributed by atoms with E-state index >= 15 is 0 Å². The van der Waals surface area contributed by atoms with Gasteiger partial charge in [-0.15, -0.1) is 0 Å². The lowest BCUT2D eigenvalue weighted by Gasteiger charge is -2.43. The first kappa shape index (κ1) is 16.3. The summed E-state index contributed by atoms with van der Waals surface area (Å²) in [6.07, 6.45) is 8.13. The summed E-state index contributed by atoms with van der Waals surface area (Å²) in [6, 6.07) is 0.842. The molecule has 1 saturated heterocycles. The van der Waals surface area contributed by atoms with Gasteiger partial charge in [-0.2, -0.15) is 0 Å². The van der Waals surface area contributed by atoms with Crippen LogP contribution in [0.2, 0.25) is 0 Å². The van der Waals surface area contributed by atoms with Crippen LogP contribution >= 0.6 is 0 Å². The molecule has 0 aromatic carbocycles. The van der Waals surface area contributed by atoms with E-state index in [9.17, 15) is 0 Å². The predicted octanol–water partition coefficient (Wildman–Crippen LogP) is 2.90. The third kappa shape index (κ3) is 4.44. The van der Waals surface area contributed by atoms with Gasteiger partial charge in [0.2, 0.25) is 0 Å². The van der Waals surface area contributed by atoms with E-state index in [-0.39, 0.29) is 0 Å². The average Bonchev–Trinajstić information content (AvgIpc) is 2.92. The summed E-state index contributed by atoms with van der Waals surface area (Å²) < 4.78 is 5.61. The van der Waals surface area contributed by atoms with E-state index in [0.717, 1.165) is 31.7 Å². The maximum absolute atomic E-state index is 5.61. The zero-order valence-corrected chi connectivity index (χ0v) is 13.8. The SMILES string of the molecule is CNCC1(CN(CC(C)C)C2CCCC2)CCOCC1. The number of nitrogens with one attached hydrogen (secondary N) is 1. The van der Waals surface area contributed by atoms with E-state index in [1.165, 1.54) is 51.6 Å². The molecule has 0 radical (unpaired) electrons. The molecule has 0 aromatic heterocycles. The molecule has 2 aliphatic rings. The van der Waals surface area contributed by atoms with E-state index in [0.29, 0.717) is 5.41 Å². The third-order valence-electron chi connectivity index (χ3n) is 5.08. The summed E-state index contributed by atoms with van der Waals surface area (Å²) in [5, 5.41) is 3.45. The van der Waals surface area contributed by atoms with Gasteiger partial charge >= 0.3 is 0 Å². The van der Waals surface area contributed by atoms with Gasteiger partial charge in [-0.3, -0.25) is 4.90 Å². The smallest absolute Gasteiger partial charge is 0.0472 e. The molecular weight excluding hydrogens is 248 g/mol. The van der Waals surface area contributed by atoms with E-state index in [4.69, 9.17) is 4.74 Å². The fraction of sp³-hybridized carbons (Fsp3) is 1.00. The number of hydrogen-bond acceptors (Lipinski definition) is 3. The first-order chi connectivity index (χ1) is 9.65. The Morgan fingerprint density at radius 2 is 1.85 bits per heavy atom. The molecule has 3 nitrogen and oxygen atoms in total. The lowest BCUT2D eigenvalue weighted by molar-refractivity contribution is -0.0129. The molecule has 0 amide bonds. The maximum Gasteiger partial charge on any atom is 0.0472 e. The van der Waals surface area contributed by atoms with Crippen molar-refractivity contribution in [1.29, 1.82) is 0 Å². The number of ether oxygens (including phenoxy) is 1. The van der Waals surface area contributed by atoms with Crippen LogP contribution in [0, 0.1) is 11.3 Å². The lowest BCUT2D eigenvalue weighted by atomic mass is 9.79. The zero-order chi connectivity index (χ0) is 14.4. The quantitative estimate of drug-likeness (QED) is 0.777. The minimum Gasteiger partial charge on any atom is -0.381 e. The number of rotatable bonds is 7. The summed E-state index contributed by atoms with van der Waals surface area (Å²) in [6.45, 7) is 10.3. The molecule has 0 bridgehead atoms. The summed E-state index contributed by atoms with van der Waals surface area (Å²) in [5.74, 6) is 0.766. The van der Waals surface area contributed by atoms with Crippen LogP contribution < -0.4 is 5.32 Å². The minimum atomic E-state index is 0.435. The molecule has 2 rings (SSSR count). The summed E-state index contributed by atoms with van der Waals surface area (Å²) in [4.78, 5) is 2.82. The molecule has 1 aliphatic carbocycles. The molecule has 3 heteroatoms. The van der Waals surface area contributed by atoms with Crippen LogP contribution in [0.3, 0.4) is 0 Å². The van der Waals surface area contributed by atoms with Crippen molar-refractivity contribution in [2.24, 2.45) is 11.3 Å². The summed E-state index contributed by atoms with van der Waals surface area (Å²) in [7, 11) is 2.10. The molecule has 0 atom stereocenters. The Kier molecular flexibility index (Phi) is 6.31. The van der Waals surface area contributed by atoms with Crippen molar-refractivity contribution in [3.8, 4) is 0 Å². The third-order valence-corrected chi connectivity index (χ3v) is 5.08. The highest BCUT2D eigenvalue weighted by Crippen LogP contribution is 2.34. The molecule has 0 spiro atoms. The molecule has 118 valence electrons. The average molecular weight is 282 g/mol. The van der Waals surface area contributed by atoms with Gasteiger partial charge in [0.05, 0.1) is 0 Å². The van der Waals surface area contributed by atoms with Gasteiger partial charge in [0.15, 0.2) is 0 Å². The topological polar surface area (TPSA) is 24.5 Å². The first-order valence-electron chi connectivity index (χ1n) is 8.62. The first-order valence-corrected chi connectivity index (χ1v) is 8.62. The molecule has 1 N–H and O–H groups in total. The summed E-state index contributed by atoms with van der Waals surface area (Å²) in [5.41, 5.74) is 0.435. The largest absolute Gasteiger partial charge is 0.381 e. The van der Waals surface area contributed by atoms with Gasteiger partial charge in [0.25, 0.3) is 0 Å². The maximum atomic E-state index is 5.61. The van der Waals surface area contributed by atoms with Crippen molar-refractivity contribution < 1.29 is 4.74 Å². The predicted molar refractivity (Wildman–Crippen MR) is 85.1 cm³/mol. The molecule has 20 heavy (non-hydrogen) atoms. The molecule has 0 aromatic rings. The second-order valence-corrected chi connectivity index (χ2v) is 7.40. The van der Waals surface area contributed by atoms with Gasteiger partial charge in [-0.05, 0) is 44.1 Å². The lowest BCUT2D eigenvalue weighted by Crippen LogP contribution is -2.50. The highest BCUT2D eigenvalue weighted by molar-refractivity contribution is 4.90. The van der Waals surface area contributed by atoms with E-state index in [1.807, 2.05) is 0 Å². The second-order valence-electron chi connectivity index (χ2n) is 7.40. The Balaban J connectivity index is 2.02. The number of nitrogens with zero attached hydrogens (tertiary/aromatic N) is 1. The minimum absolute atomic E-state index is 0.435. The van der Waals surface area contributed by atoms with E-state index < -0.39 is 0 Å². The van der Waals surface area contributed by atoms with Crippen molar-refractivity contribution in [3.63, 3.8) is 0 Å². The molecular formula is C17H34N2O.